The lowest BCUT2D eigenvalue weighted by Gasteiger charge is -2.17. The average Bonchev–Trinajstić information content (AvgIpc) is 2.66. The minimum absolute atomic E-state index is 0.0995. The highest BCUT2D eigenvalue weighted by atomic mass is 32.2. The van der Waals surface area contributed by atoms with Crippen molar-refractivity contribution in [2.45, 2.75) is 4.90 Å². The Hall–Kier alpha value is -2.96. The zero-order valence-electron chi connectivity index (χ0n) is 14.6. The van der Waals surface area contributed by atoms with E-state index in [0.29, 0.717) is 5.69 Å². The number of anilines is 1. The third kappa shape index (κ3) is 5.26. The maximum atomic E-state index is 13.5. The number of amides is 1. The van der Waals surface area contributed by atoms with E-state index in [1.165, 1.54) is 31.3 Å². The smallest absolute Gasteiger partial charge is 0.243 e. The standard InChI is InChI=1S/C18H19FN4O3S/c1-23(27(25,26)14-6-3-2-4-7-14)13-18(24)22-11-10-21-17-9-5-8-16(19)15(17)12-20/h2-9,21H,10-11,13H2,1H3,(H,22,24). The first-order valence-electron chi connectivity index (χ1n) is 8.07. The fourth-order valence-corrected chi connectivity index (χ4v) is 3.45. The summed E-state index contributed by atoms with van der Waals surface area (Å²) in [6, 6.07) is 13.8. The van der Waals surface area contributed by atoms with Gasteiger partial charge in [-0.2, -0.15) is 9.57 Å². The van der Waals surface area contributed by atoms with Crippen LogP contribution in [-0.4, -0.2) is 45.3 Å². The molecule has 0 aliphatic heterocycles. The van der Waals surface area contributed by atoms with Gasteiger partial charge in [0, 0.05) is 20.1 Å². The van der Waals surface area contributed by atoms with Crippen LogP contribution >= 0.6 is 0 Å². The third-order valence-corrected chi connectivity index (χ3v) is 5.52. The number of hydrogen-bond donors (Lipinski definition) is 2. The van der Waals surface area contributed by atoms with E-state index in [9.17, 15) is 17.6 Å². The summed E-state index contributed by atoms with van der Waals surface area (Å²) >= 11 is 0. The summed E-state index contributed by atoms with van der Waals surface area (Å²) < 4.78 is 39.2. The Bertz CT molecular complexity index is 943. The topological polar surface area (TPSA) is 102 Å². The predicted octanol–water partition coefficient (Wildman–Crippen LogP) is 1.55. The lowest BCUT2D eigenvalue weighted by atomic mass is 10.2. The molecule has 142 valence electrons. The number of likely N-dealkylation sites (N-methyl/N-ethyl adjacent to an activating group) is 1. The van der Waals surface area contributed by atoms with E-state index < -0.39 is 21.7 Å². The van der Waals surface area contributed by atoms with Crippen molar-refractivity contribution in [3.8, 4) is 6.07 Å². The summed E-state index contributed by atoms with van der Waals surface area (Å²) in [5.41, 5.74) is 0.230. The lowest BCUT2D eigenvalue weighted by molar-refractivity contribution is -0.121. The monoisotopic (exact) mass is 390 g/mol. The molecule has 0 atom stereocenters. The van der Waals surface area contributed by atoms with Crippen molar-refractivity contribution in [2.24, 2.45) is 0 Å². The van der Waals surface area contributed by atoms with Crippen LogP contribution in [0, 0.1) is 17.1 Å². The number of carbonyl (C=O) groups is 1. The Morgan fingerprint density at radius 1 is 1.15 bits per heavy atom. The number of sulfonamides is 1. The molecule has 2 aromatic carbocycles. The molecule has 27 heavy (non-hydrogen) atoms. The number of nitriles is 1. The SMILES string of the molecule is CN(CC(=O)NCCNc1cccc(F)c1C#N)S(=O)(=O)c1ccccc1. The number of nitrogens with one attached hydrogen (secondary N) is 2. The van der Waals surface area contributed by atoms with Crippen molar-refractivity contribution in [3.05, 3.63) is 59.9 Å². The van der Waals surface area contributed by atoms with Crippen LogP contribution in [0.15, 0.2) is 53.4 Å². The quantitative estimate of drug-likeness (QED) is 0.666. The highest BCUT2D eigenvalue weighted by molar-refractivity contribution is 7.89. The molecular weight excluding hydrogens is 371 g/mol. The second-order valence-electron chi connectivity index (χ2n) is 5.63. The van der Waals surface area contributed by atoms with Crippen LogP contribution in [0.3, 0.4) is 0 Å². The predicted molar refractivity (Wildman–Crippen MR) is 98.9 cm³/mol. The molecular formula is C18H19FN4O3S. The molecule has 0 aliphatic rings. The van der Waals surface area contributed by atoms with Gasteiger partial charge in [0.25, 0.3) is 0 Å². The van der Waals surface area contributed by atoms with Crippen molar-refractivity contribution >= 4 is 21.6 Å². The van der Waals surface area contributed by atoms with Gasteiger partial charge in [0.2, 0.25) is 15.9 Å². The Morgan fingerprint density at radius 3 is 2.52 bits per heavy atom. The van der Waals surface area contributed by atoms with Crippen LogP contribution in [-0.2, 0) is 14.8 Å². The van der Waals surface area contributed by atoms with Crippen LogP contribution < -0.4 is 10.6 Å². The summed E-state index contributed by atoms with van der Waals surface area (Å²) in [6.45, 7) is 0.0963. The maximum Gasteiger partial charge on any atom is 0.243 e. The maximum absolute atomic E-state index is 13.5. The Kier molecular flexibility index (Phi) is 6.87. The molecule has 0 spiro atoms. The molecule has 0 saturated heterocycles. The molecule has 7 nitrogen and oxygen atoms in total. The van der Waals surface area contributed by atoms with E-state index in [2.05, 4.69) is 10.6 Å². The van der Waals surface area contributed by atoms with Crippen LogP contribution in [0.2, 0.25) is 0 Å². The molecule has 0 radical (unpaired) electrons. The van der Waals surface area contributed by atoms with Crippen LogP contribution in [0.5, 0.6) is 0 Å². The average molecular weight is 390 g/mol. The molecule has 2 rings (SSSR count). The minimum atomic E-state index is -3.74. The van der Waals surface area contributed by atoms with Gasteiger partial charge in [0.15, 0.2) is 0 Å². The fourth-order valence-electron chi connectivity index (χ4n) is 2.30. The Labute approximate surface area is 157 Å². The largest absolute Gasteiger partial charge is 0.382 e. The first kappa shape index (κ1) is 20.4. The van der Waals surface area contributed by atoms with E-state index >= 15 is 0 Å². The molecule has 0 saturated carbocycles. The van der Waals surface area contributed by atoms with Crippen molar-refractivity contribution in [3.63, 3.8) is 0 Å². The number of halogens is 1. The molecule has 0 bridgehead atoms. The molecule has 0 aromatic heterocycles. The zero-order valence-corrected chi connectivity index (χ0v) is 15.5. The van der Waals surface area contributed by atoms with Crippen molar-refractivity contribution in [1.82, 2.24) is 9.62 Å². The Balaban J connectivity index is 1.83. The van der Waals surface area contributed by atoms with E-state index in [0.717, 1.165) is 4.31 Å². The zero-order chi connectivity index (χ0) is 19.9. The minimum Gasteiger partial charge on any atom is -0.382 e. The van der Waals surface area contributed by atoms with Gasteiger partial charge in [-0.05, 0) is 24.3 Å². The van der Waals surface area contributed by atoms with Gasteiger partial charge in [-0.25, -0.2) is 12.8 Å². The lowest BCUT2D eigenvalue weighted by Crippen LogP contribution is -2.39. The molecule has 0 fully saturated rings. The van der Waals surface area contributed by atoms with E-state index in [1.54, 1.807) is 30.3 Å². The number of benzene rings is 2. The number of hydrogen-bond acceptors (Lipinski definition) is 5. The second-order valence-corrected chi connectivity index (χ2v) is 7.67. The number of nitrogens with zero attached hydrogens (tertiary/aromatic N) is 2. The highest BCUT2D eigenvalue weighted by Gasteiger charge is 2.22. The van der Waals surface area contributed by atoms with Crippen molar-refractivity contribution < 1.29 is 17.6 Å². The summed E-state index contributed by atoms with van der Waals surface area (Å²) in [7, 11) is -2.42. The molecule has 0 heterocycles. The van der Waals surface area contributed by atoms with Gasteiger partial charge in [0.1, 0.15) is 17.4 Å². The van der Waals surface area contributed by atoms with Crippen LogP contribution in [0.25, 0.3) is 0 Å². The van der Waals surface area contributed by atoms with Crippen LogP contribution in [0.4, 0.5) is 10.1 Å². The van der Waals surface area contributed by atoms with E-state index in [-0.39, 0.29) is 30.1 Å². The molecule has 0 aliphatic carbocycles. The molecule has 2 aromatic rings. The molecule has 2 N–H and O–H groups in total. The van der Waals surface area contributed by atoms with Gasteiger partial charge in [-0.1, -0.05) is 24.3 Å². The normalized spacial score (nSPS) is 11.0. The van der Waals surface area contributed by atoms with E-state index in [4.69, 9.17) is 5.26 Å². The molecule has 0 unspecified atom stereocenters. The number of rotatable bonds is 8. The Morgan fingerprint density at radius 2 is 1.85 bits per heavy atom. The summed E-state index contributed by atoms with van der Waals surface area (Å²) in [6.07, 6.45) is 0. The summed E-state index contributed by atoms with van der Waals surface area (Å²) in [5.74, 6) is -1.10. The van der Waals surface area contributed by atoms with E-state index in [1.807, 2.05) is 0 Å². The first-order chi connectivity index (χ1) is 12.9. The van der Waals surface area contributed by atoms with Gasteiger partial charge in [-0.3, -0.25) is 4.79 Å². The second kappa shape index (κ2) is 9.12. The summed E-state index contributed by atoms with van der Waals surface area (Å²) in [5, 5.41) is 14.4. The van der Waals surface area contributed by atoms with Gasteiger partial charge >= 0.3 is 0 Å². The third-order valence-electron chi connectivity index (χ3n) is 3.71. The van der Waals surface area contributed by atoms with Gasteiger partial charge < -0.3 is 10.6 Å². The van der Waals surface area contributed by atoms with Gasteiger partial charge in [-0.15, -0.1) is 0 Å². The van der Waals surface area contributed by atoms with Crippen LogP contribution in [0.1, 0.15) is 5.56 Å². The molecule has 1 amide bonds. The summed E-state index contributed by atoms with van der Waals surface area (Å²) in [4.78, 5) is 12.1. The fraction of sp³-hybridized carbons (Fsp3) is 0.222. The first-order valence-corrected chi connectivity index (χ1v) is 9.51. The number of carbonyl (C=O) groups excluding carboxylic acids is 1. The van der Waals surface area contributed by atoms with Crippen molar-refractivity contribution in [1.29, 1.82) is 5.26 Å². The van der Waals surface area contributed by atoms with Crippen molar-refractivity contribution in [2.75, 3.05) is 32.0 Å². The highest BCUT2D eigenvalue weighted by Crippen LogP contribution is 2.17. The van der Waals surface area contributed by atoms with Gasteiger partial charge in [0.05, 0.1) is 17.1 Å². The molecule has 9 heteroatoms.